The lowest BCUT2D eigenvalue weighted by Gasteiger charge is -2.08. The molecule has 0 saturated heterocycles. The second kappa shape index (κ2) is 3.83. The molecule has 0 fully saturated rings. The van der Waals surface area contributed by atoms with E-state index in [1.165, 1.54) is 13.3 Å². The number of halogens is 1. The van der Waals surface area contributed by atoms with Crippen molar-refractivity contribution in [3.63, 3.8) is 0 Å². The number of ketones is 1. The maximum atomic E-state index is 11.2. The summed E-state index contributed by atoms with van der Waals surface area (Å²) in [5.41, 5.74) is 1.16. The summed E-state index contributed by atoms with van der Waals surface area (Å²) in [6.07, 6.45) is 1.38. The van der Waals surface area contributed by atoms with Gasteiger partial charge in [0.1, 0.15) is 11.5 Å². The molecular weight excluding hydrogens is 188 g/mol. The Morgan fingerprint density at radius 1 is 1.46 bits per heavy atom. The van der Waals surface area contributed by atoms with Gasteiger partial charge >= 0.3 is 0 Å². The minimum absolute atomic E-state index is 0.0886. The summed E-state index contributed by atoms with van der Waals surface area (Å²) in [4.78, 5) is 19.0. The number of hydrogen-bond donors (Lipinski definition) is 0. The summed E-state index contributed by atoms with van der Waals surface area (Å²) in [6.45, 7) is 5.40. The van der Waals surface area contributed by atoms with Crippen molar-refractivity contribution in [2.24, 2.45) is 0 Å². The van der Waals surface area contributed by atoms with Gasteiger partial charge in [0.2, 0.25) is 0 Å². The van der Waals surface area contributed by atoms with Crippen molar-refractivity contribution < 1.29 is 4.79 Å². The molecule has 0 aromatic carbocycles. The number of nitrogens with zero attached hydrogens (tertiary/aromatic N) is 2. The van der Waals surface area contributed by atoms with E-state index in [4.69, 9.17) is 11.6 Å². The Balaban J connectivity index is 3.34. The van der Waals surface area contributed by atoms with Crippen LogP contribution in [0.3, 0.4) is 0 Å². The van der Waals surface area contributed by atoms with Crippen molar-refractivity contribution >= 4 is 17.4 Å². The van der Waals surface area contributed by atoms with E-state index in [0.717, 1.165) is 0 Å². The van der Waals surface area contributed by atoms with Crippen LogP contribution in [-0.2, 0) is 0 Å². The summed E-state index contributed by atoms with van der Waals surface area (Å²) in [6, 6.07) is 0. The van der Waals surface area contributed by atoms with Crippen LogP contribution < -0.4 is 0 Å². The second-order valence-corrected chi connectivity index (χ2v) is 3.49. The molecule has 0 radical (unpaired) electrons. The number of carbonyl (C=O) groups is 1. The van der Waals surface area contributed by atoms with Crippen LogP contribution in [0.1, 0.15) is 42.7 Å². The molecule has 1 aromatic rings. The highest BCUT2D eigenvalue weighted by atomic mass is 35.5. The molecule has 3 nitrogen and oxygen atoms in total. The zero-order chi connectivity index (χ0) is 10.0. The van der Waals surface area contributed by atoms with Gasteiger partial charge in [-0.25, -0.2) is 9.97 Å². The Morgan fingerprint density at radius 2 is 2.08 bits per heavy atom. The maximum absolute atomic E-state index is 11.2. The summed E-state index contributed by atoms with van der Waals surface area (Å²) in [5.74, 6) is 0.0914. The maximum Gasteiger partial charge on any atom is 0.164 e. The van der Waals surface area contributed by atoms with Gasteiger partial charge in [-0.15, -0.1) is 0 Å². The first-order valence-corrected chi connectivity index (χ1v) is 4.43. The molecule has 0 saturated carbocycles. The van der Waals surface area contributed by atoms with Crippen LogP contribution in [0.25, 0.3) is 0 Å². The van der Waals surface area contributed by atoms with Crippen LogP contribution in [0.15, 0.2) is 6.33 Å². The van der Waals surface area contributed by atoms with E-state index in [-0.39, 0.29) is 16.9 Å². The van der Waals surface area contributed by atoms with Gasteiger partial charge in [0.05, 0.1) is 11.3 Å². The van der Waals surface area contributed by atoms with Crippen molar-refractivity contribution in [3.8, 4) is 0 Å². The van der Waals surface area contributed by atoms with Crippen molar-refractivity contribution in [2.75, 3.05) is 0 Å². The van der Waals surface area contributed by atoms with E-state index in [0.29, 0.717) is 11.3 Å². The normalized spacial score (nSPS) is 10.5. The highest BCUT2D eigenvalue weighted by Crippen LogP contribution is 2.22. The molecule has 0 unspecified atom stereocenters. The van der Waals surface area contributed by atoms with Crippen LogP contribution in [0.5, 0.6) is 0 Å². The molecule has 0 amide bonds. The lowest BCUT2D eigenvalue weighted by atomic mass is 10.0. The lowest BCUT2D eigenvalue weighted by Crippen LogP contribution is -2.06. The summed E-state index contributed by atoms with van der Waals surface area (Å²) < 4.78 is 0. The van der Waals surface area contributed by atoms with E-state index in [2.05, 4.69) is 9.97 Å². The highest BCUT2D eigenvalue weighted by Gasteiger charge is 2.16. The molecule has 0 bridgehead atoms. The van der Waals surface area contributed by atoms with Crippen molar-refractivity contribution in [2.45, 2.75) is 26.7 Å². The number of carbonyl (C=O) groups excluding carboxylic acids is 1. The van der Waals surface area contributed by atoms with Gasteiger partial charge in [0.15, 0.2) is 5.78 Å². The van der Waals surface area contributed by atoms with Gasteiger partial charge in [-0.2, -0.15) is 0 Å². The molecule has 1 heterocycles. The largest absolute Gasteiger partial charge is 0.294 e. The van der Waals surface area contributed by atoms with E-state index in [1.54, 1.807) is 0 Å². The Bertz CT molecular complexity index is 336. The molecule has 70 valence electrons. The fourth-order valence-electron chi connectivity index (χ4n) is 1.14. The van der Waals surface area contributed by atoms with Crippen LogP contribution in [0, 0.1) is 0 Å². The molecule has 1 rings (SSSR count). The summed E-state index contributed by atoms with van der Waals surface area (Å²) in [7, 11) is 0. The van der Waals surface area contributed by atoms with Crippen LogP contribution in [0.4, 0.5) is 0 Å². The van der Waals surface area contributed by atoms with E-state index in [9.17, 15) is 4.79 Å². The van der Waals surface area contributed by atoms with E-state index >= 15 is 0 Å². The van der Waals surface area contributed by atoms with Crippen LogP contribution in [-0.4, -0.2) is 15.8 Å². The van der Waals surface area contributed by atoms with Gasteiger partial charge in [0, 0.05) is 0 Å². The fourth-order valence-corrected chi connectivity index (χ4v) is 1.41. The molecule has 4 heteroatoms. The molecule has 0 aliphatic carbocycles. The zero-order valence-electron chi connectivity index (χ0n) is 7.84. The first-order chi connectivity index (χ1) is 6.04. The molecule has 13 heavy (non-hydrogen) atoms. The Hall–Kier alpha value is -0.960. The van der Waals surface area contributed by atoms with Crippen LogP contribution in [0.2, 0.25) is 5.15 Å². The minimum Gasteiger partial charge on any atom is -0.294 e. The average Bonchev–Trinajstić information content (AvgIpc) is 2.02. The zero-order valence-corrected chi connectivity index (χ0v) is 8.59. The molecule has 0 N–H and O–H groups in total. The molecule has 0 spiro atoms. The van der Waals surface area contributed by atoms with Gasteiger partial charge in [-0.1, -0.05) is 25.4 Å². The topological polar surface area (TPSA) is 42.9 Å². The predicted octanol–water partition coefficient (Wildman–Crippen LogP) is 2.46. The Kier molecular flexibility index (Phi) is 2.98. The Morgan fingerprint density at radius 3 is 2.46 bits per heavy atom. The monoisotopic (exact) mass is 198 g/mol. The minimum atomic E-state index is -0.0886. The first kappa shape index (κ1) is 10.1. The number of Topliss-reactive ketones (excluding diaryl/α,β-unsaturated/α-hetero) is 1. The van der Waals surface area contributed by atoms with Crippen LogP contribution >= 0.6 is 11.6 Å². The molecule has 0 aliphatic heterocycles. The molecular formula is C9H11ClN2O. The second-order valence-electron chi connectivity index (χ2n) is 3.14. The summed E-state index contributed by atoms with van der Waals surface area (Å²) in [5, 5.41) is 0.242. The Labute approximate surface area is 82.2 Å². The third kappa shape index (κ3) is 2.04. The van der Waals surface area contributed by atoms with E-state index in [1.807, 2.05) is 13.8 Å². The lowest BCUT2D eigenvalue weighted by molar-refractivity contribution is 0.101. The highest BCUT2D eigenvalue weighted by molar-refractivity contribution is 6.32. The van der Waals surface area contributed by atoms with Gasteiger partial charge in [0.25, 0.3) is 0 Å². The standard InChI is InChI=1S/C9H11ClN2O/c1-5(2)8-7(6(3)13)9(10)12-4-11-8/h4-5H,1-3H3. The first-order valence-electron chi connectivity index (χ1n) is 4.05. The third-order valence-electron chi connectivity index (χ3n) is 1.73. The SMILES string of the molecule is CC(=O)c1c(Cl)ncnc1C(C)C. The quantitative estimate of drug-likeness (QED) is 0.542. The molecule has 0 aliphatic rings. The average molecular weight is 199 g/mol. The fraction of sp³-hybridized carbons (Fsp3) is 0.444. The smallest absolute Gasteiger partial charge is 0.164 e. The third-order valence-corrected chi connectivity index (χ3v) is 2.02. The van der Waals surface area contributed by atoms with Gasteiger partial charge < -0.3 is 0 Å². The number of rotatable bonds is 2. The predicted molar refractivity (Wildman–Crippen MR) is 51.1 cm³/mol. The van der Waals surface area contributed by atoms with Gasteiger partial charge in [-0.05, 0) is 12.8 Å². The molecule has 0 atom stereocenters. The number of aromatic nitrogens is 2. The van der Waals surface area contributed by atoms with E-state index < -0.39 is 0 Å². The van der Waals surface area contributed by atoms with Crippen molar-refractivity contribution in [3.05, 3.63) is 22.7 Å². The van der Waals surface area contributed by atoms with Crippen molar-refractivity contribution in [1.82, 2.24) is 9.97 Å². The van der Waals surface area contributed by atoms with Gasteiger partial charge in [-0.3, -0.25) is 4.79 Å². The molecule has 1 aromatic heterocycles. The number of hydrogen-bond acceptors (Lipinski definition) is 3. The summed E-state index contributed by atoms with van der Waals surface area (Å²) >= 11 is 5.80. The van der Waals surface area contributed by atoms with Crippen molar-refractivity contribution in [1.29, 1.82) is 0 Å².